The van der Waals surface area contributed by atoms with Gasteiger partial charge in [0.15, 0.2) is 5.92 Å². The second kappa shape index (κ2) is 6.31. The summed E-state index contributed by atoms with van der Waals surface area (Å²) in [4.78, 5) is 1.90. The van der Waals surface area contributed by atoms with Crippen LogP contribution >= 0.6 is 0 Å². The Morgan fingerprint density at radius 2 is 1.90 bits per heavy atom. The molecule has 0 spiro atoms. The van der Waals surface area contributed by atoms with Crippen molar-refractivity contribution in [1.82, 2.24) is 10.2 Å². The molecule has 0 aromatic rings. The zero-order valence-electron chi connectivity index (χ0n) is 11.8. The molecule has 3 atom stereocenters. The third-order valence-electron chi connectivity index (χ3n) is 4.44. The molecule has 6 heteroatoms. The van der Waals surface area contributed by atoms with E-state index in [1.165, 1.54) is 6.07 Å². The lowest BCUT2D eigenvalue weighted by Crippen LogP contribution is -2.50. The van der Waals surface area contributed by atoms with Crippen molar-refractivity contribution >= 4 is 0 Å². The number of nitrogens with zero attached hydrogens (tertiary/aromatic N) is 2. The van der Waals surface area contributed by atoms with Crippen molar-refractivity contribution in [3.05, 3.63) is 0 Å². The van der Waals surface area contributed by atoms with Gasteiger partial charge in [0.05, 0.1) is 6.07 Å². The van der Waals surface area contributed by atoms with Gasteiger partial charge in [-0.3, -0.25) is 4.90 Å². The average Bonchev–Trinajstić information content (AvgIpc) is 2.71. The number of alkyl halides is 3. The number of fused-ring (bicyclic) bond motifs is 2. The third-order valence-corrected chi connectivity index (χ3v) is 4.44. The van der Waals surface area contributed by atoms with Crippen LogP contribution in [-0.4, -0.2) is 42.3 Å². The van der Waals surface area contributed by atoms with Crippen LogP contribution < -0.4 is 5.32 Å². The highest BCUT2D eigenvalue weighted by Crippen LogP contribution is 2.32. The maximum atomic E-state index is 12.8. The summed E-state index contributed by atoms with van der Waals surface area (Å²) in [6.45, 7) is 2.42. The van der Waals surface area contributed by atoms with E-state index in [0.29, 0.717) is 18.6 Å². The largest absolute Gasteiger partial charge is 0.405 e. The van der Waals surface area contributed by atoms with E-state index in [9.17, 15) is 13.2 Å². The summed E-state index contributed by atoms with van der Waals surface area (Å²) in [6.07, 6.45) is 0.463. The van der Waals surface area contributed by atoms with Gasteiger partial charge in [-0.05, 0) is 38.6 Å². The first kappa shape index (κ1) is 15.6. The summed E-state index contributed by atoms with van der Waals surface area (Å²) in [5.41, 5.74) is 0. The molecule has 20 heavy (non-hydrogen) atoms. The zero-order valence-corrected chi connectivity index (χ0v) is 11.8. The molecule has 2 fully saturated rings. The summed E-state index contributed by atoms with van der Waals surface area (Å²) in [6, 6.07) is 2.51. The van der Waals surface area contributed by atoms with Crippen LogP contribution in [0.3, 0.4) is 0 Å². The summed E-state index contributed by atoms with van der Waals surface area (Å²) in [5, 5.41) is 12.3. The standard InChI is InChI=1S/C14H22F3N3/c1-2-5-20(9-10(8-18)14(15,16)17)13-6-11-3-4-12(7-13)19-11/h10-13,19H,2-7,9H2,1H3. The lowest BCUT2D eigenvalue weighted by atomic mass is 9.96. The summed E-state index contributed by atoms with van der Waals surface area (Å²) in [7, 11) is 0. The predicted octanol–water partition coefficient (Wildman–Crippen LogP) is 2.68. The average molecular weight is 289 g/mol. The predicted molar refractivity (Wildman–Crippen MR) is 70.0 cm³/mol. The number of nitrogens with one attached hydrogen (secondary N) is 1. The van der Waals surface area contributed by atoms with Crippen LogP contribution in [0.5, 0.6) is 0 Å². The SMILES string of the molecule is CCCN(CC(C#N)C(F)(F)F)C1CC2CCC(C1)N2. The molecule has 2 aliphatic rings. The minimum atomic E-state index is -4.42. The highest BCUT2D eigenvalue weighted by atomic mass is 19.4. The van der Waals surface area contributed by atoms with Gasteiger partial charge < -0.3 is 5.32 Å². The number of hydrogen-bond donors (Lipinski definition) is 1. The van der Waals surface area contributed by atoms with E-state index >= 15 is 0 Å². The van der Waals surface area contributed by atoms with Crippen LogP contribution in [0.4, 0.5) is 13.2 Å². The molecule has 0 radical (unpaired) electrons. The van der Waals surface area contributed by atoms with Crippen molar-refractivity contribution in [3.63, 3.8) is 0 Å². The first-order chi connectivity index (χ1) is 9.44. The molecule has 0 aromatic carbocycles. The van der Waals surface area contributed by atoms with Gasteiger partial charge in [-0.15, -0.1) is 0 Å². The highest BCUT2D eigenvalue weighted by molar-refractivity contribution is 4.98. The van der Waals surface area contributed by atoms with E-state index in [1.807, 2.05) is 11.8 Å². The Labute approximate surface area is 118 Å². The summed E-state index contributed by atoms with van der Waals surface area (Å²) < 4.78 is 38.4. The van der Waals surface area contributed by atoms with E-state index in [0.717, 1.165) is 32.1 Å². The first-order valence-electron chi connectivity index (χ1n) is 7.40. The smallest absolute Gasteiger partial charge is 0.311 e. The topological polar surface area (TPSA) is 39.1 Å². The van der Waals surface area contributed by atoms with Crippen LogP contribution in [-0.2, 0) is 0 Å². The second-order valence-electron chi connectivity index (χ2n) is 5.98. The minimum absolute atomic E-state index is 0.183. The fraction of sp³-hybridized carbons (Fsp3) is 0.929. The van der Waals surface area contributed by atoms with Gasteiger partial charge in [0, 0.05) is 24.7 Å². The van der Waals surface area contributed by atoms with Crippen LogP contribution in [0.15, 0.2) is 0 Å². The van der Waals surface area contributed by atoms with Crippen LogP contribution in [0.2, 0.25) is 0 Å². The van der Waals surface area contributed by atoms with Crippen LogP contribution in [0.25, 0.3) is 0 Å². The molecule has 0 amide bonds. The van der Waals surface area contributed by atoms with Gasteiger partial charge in [-0.2, -0.15) is 18.4 Å². The van der Waals surface area contributed by atoms with Gasteiger partial charge in [0.25, 0.3) is 0 Å². The Balaban J connectivity index is 2.01. The molecule has 0 aromatic heterocycles. The molecule has 1 N–H and O–H groups in total. The maximum absolute atomic E-state index is 12.8. The fourth-order valence-electron chi connectivity index (χ4n) is 3.49. The highest BCUT2D eigenvalue weighted by Gasteiger charge is 2.43. The van der Waals surface area contributed by atoms with Crippen LogP contribution in [0, 0.1) is 17.2 Å². The van der Waals surface area contributed by atoms with Crippen molar-refractivity contribution in [2.24, 2.45) is 5.92 Å². The molecule has 0 saturated carbocycles. The first-order valence-corrected chi connectivity index (χ1v) is 7.40. The van der Waals surface area contributed by atoms with Crippen molar-refractivity contribution in [1.29, 1.82) is 5.26 Å². The Bertz CT molecular complexity index is 352. The second-order valence-corrected chi connectivity index (χ2v) is 5.98. The molecular formula is C14H22F3N3. The monoisotopic (exact) mass is 289 g/mol. The number of hydrogen-bond acceptors (Lipinski definition) is 3. The minimum Gasteiger partial charge on any atom is -0.311 e. The maximum Gasteiger partial charge on any atom is 0.405 e. The van der Waals surface area contributed by atoms with E-state index < -0.39 is 12.1 Å². The summed E-state index contributed by atoms with van der Waals surface area (Å²) >= 11 is 0. The Hall–Kier alpha value is -0.800. The lowest BCUT2D eigenvalue weighted by molar-refractivity contribution is -0.164. The molecule has 2 rings (SSSR count). The van der Waals surface area contributed by atoms with Crippen molar-refractivity contribution in [2.45, 2.75) is 63.3 Å². The van der Waals surface area contributed by atoms with Crippen molar-refractivity contribution < 1.29 is 13.2 Å². The molecule has 3 unspecified atom stereocenters. The molecule has 2 bridgehead atoms. The summed E-state index contributed by atoms with van der Waals surface area (Å²) in [5.74, 6) is -1.87. The van der Waals surface area contributed by atoms with E-state index in [-0.39, 0.29) is 12.6 Å². The van der Waals surface area contributed by atoms with Gasteiger partial charge >= 0.3 is 6.18 Å². The Morgan fingerprint density at radius 3 is 2.35 bits per heavy atom. The number of nitriles is 1. The van der Waals surface area contributed by atoms with Crippen molar-refractivity contribution in [2.75, 3.05) is 13.1 Å². The zero-order chi connectivity index (χ0) is 14.8. The molecule has 2 saturated heterocycles. The number of rotatable bonds is 5. The van der Waals surface area contributed by atoms with Gasteiger partial charge in [-0.25, -0.2) is 0 Å². The van der Waals surface area contributed by atoms with E-state index in [2.05, 4.69) is 5.32 Å². The van der Waals surface area contributed by atoms with Gasteiger partial charge in [0.2, 0.25) is 0 Å². The van der Waals surface area contributed by atoms with Gasteiger partial charge in [-0.1, -0.05) is 6.92 Å². The normalized spacial score (nSPS) is 31.3. The van der Waals surface area contributed by atoms with E-state index in [1.54, 1.807) is 0 Å². The third kappa shape index (κ3) is 3.64. The van der Waals surface area contributed by atoms with Gasteiger partial charge in [0.1, 0.15) is 0 Å². The molecule has 3 nitrogen and oxygen atoms in total. The lowest BCUT2D eigenvalue weighted by Gasteiger charge is -2.38. The Kier molecular flexibility index (Phi) is 4.92. The number of piperidine rings is 1. The molecule has 114 valence electrons. The van der Waals surface area contributed by atoms with Crippen molar-refractivity contribution in [3.8, 4) is 6.07 Å². The fourth-order valence-corrected chi connectivity index (χ4v) is 3.49. The quantitative estimate of drug-likeness (QED) is 0.846. The molecule has 0 aliphatic carbocycles. The molecule has 2 heterocycles. The van der Waals surface area contributed by atoms with E-state index in [4.69, 9.17) is 5.26 Å². The Morgan fingerprint density at radius 1 is 1.30 bits per heavy atom. The van der Waals surface area contributed by atoms with Crippen LogP contribution in [0.1, 0.15) is 39.0 Å². The molecular weight excluding hydrogens is 267 g/mol. The number of halogens is 3. The molecule has 2 aliphatic heterocycles.